The lowest BCUT2D eigenvalue weighted by Crippen LogP contribution is -2.31. The van der Waals surface area contributed by atoms with Crippen LogP contribution in [0.3, 0.4) is 0 Å². The molecule has 3 unspecified atom stereocenters. The first-order chi connectivity index (χ1) is 15.6. The Balaban J connectivity index is 0. The Bertz CT molecular complexity index is 553. The fourth-order valence-electron chi connectivity index (χ4n) is 3.88. The van der Waals surface area contributed by atoms with Crippen LogP contribution >= 0.6 is 0 Å². The molecule has 0 spiro atoms. The molecule has 0 aromatic heterocycles. The Morgan fingerprint density at radius 2 is 1.45 bits per heavy atom. The van der Waals surface area contributed by atoms with Gasteiger partial charge in [-0.25, -0.2) is 0 Å². The van der Waals surface area contributed by atoms with Crippen molar-refractivity contribution in [3.63, 3.8) is 0 Å². The summed E-state index contributed by atoms with van der Waals surface area (Å²) < 4.78 is 12.8. The summed E-state index contributed by atoms with van der Waals surface area (Å²) in [5.74, 6) is 2.87. The van der Waals surface area contributed by atoms with Gasteiger partial charge in [0.1, 0.15) is 5.75 Å². The zero-order valence-corrected chi connectivity index (χ0v) is 24.2. The van der Waals surface area contributed by atoms with Gasteiger partial charge in [0.2, 0.25) is 6.29 Å². The average Bonchev–Trinajstić information content (AvgIpc) is 2.77. The van der Waals surface area contributed by atoms with Crippen molar-refractivity contribution in [2.75, 3.05) is 0 Å². The second-order valence-corrected chi connectivity index (χ2v) is 10.7. The first kappa shape index (κ1) is 33.9. The fourth-order valence-corrected chi connectivity index (χ4v) is 3.88. The maximum atomic E-state index is 6.43. The van der Waals surface area contributed by atoms with E-state index in [0.29, 0.717) is 17.8 Å². The molecule has 0 bridgehead atoms. The van der Waals surface area contributed by atoms with E-state index in [2.05, 4.69) is 99.7 Å². The molecule has 0 amide bonds. The number of ether oxygens (including phenoxy) is 2. The second kappa shape index (κ2) is 19.1. The maximum Gasteiger partial charge on any atom is 0.200 e. The van der Waals surface area contributed by atoms with Gasteiger partial charge < -0.3 is 9.47 Å². The summed E-state index contributed by atoms with van der Waals surface area (Å²) in [6.07, 6.45) is 6.76. The van der Waals surface area contributed by atoms with E-state index in [4.69, 9.17) is 9.47 Å². The molecule has 2 nitrogen and oxygen atoms in total. The van der Waals surface area contributed by atoms with Crippen LogP contribution in [0.5, 0.6) is 5.75 Å². The van der Waals surface area contributed by atoms with Crippen molar-refractivity contribution in [1.29, 1.82) is 0 Å². The molecule has 0 N–H and O–H groups in total. The Morgan fingerprint density at radius 1 is 0.909 bits per heavy atom. The van der Waals surface area contributed by atoms with Crippen molar-refractivity contribution in [1.82, 2.24) is 0 Å². The van der Waals surface area contributed by atoms with Crippen LogP contribution in [0.25, 0.3) is 0 Å². The summed E-state index contributed by atoms with van der Waals surface area (Å²) in [5.41, 5.74) is 1.58. The Kier molecular flexibility index (Phi) is 19.6. The van der Waals surface area contributed by atoms with Crippen molar-refractivity contribution in [3.8, 4) is 5.75 Å². The largest absolute Gasteiger partial charge is 0.465 e. The molecule has 0 aliphatic rings. The van der Waals surface area contributed by atoms with Gasteiger partial charge >= 0.3 is 0 Å². The lowest BCUT2D eigenvalue weighted by molar-refractivity contribution is -0.137. The minimum Gasteiger partial charge on any atom is -0.465 e. The van der Waals surface area contributed by atoms with Crippen molar-refractivity contribution >= 4 is 0 Å². The maximum absolute atomic E-state index is 6.43. The molecular formula is C31H58O2. The molecule has 194 valence electrons. The van der Waals surface area contributed by atoms with Gasteiger partial charge in [0.15, 0.2) is 0 Å². The third-order valence-electron chi connectivity index (χ3n) is 5.56. The minimum absolute atomic E-state index is 0.160. The molecule has 0 aliphatic carbocycles. The molecule has 3 atom stereocenters. The van der Waals surface area contributed by atoms with E-state index in [1.54, 1.807) is 0 Å². The van der Waals surface area contributed by atoms with Crippen LogP contribution in [0.4, 0.5) is 0 Å². The number of hydrogen-bond acceptors (Lipinski definition) is 2. The van der Waals surface area contributed by atoms with E-state index in [1.165, 1.54) is 24.8 Å². The molecule has 0 saturated carbocycles. The van der Waals surface area contributed by atoms with Gasteiger partial charge in [-0.1, -0.05) is 101 Å². The average molecular weight is 463 g/mol. The second-order valence-electron chi connectivity index (χ2n) is 10.7. The summed E-state index contributed by atoms with van der Waals surface area (Å²) in [6, 6.07) is 8.78. The molecule has 0 fully saturated rings. The normalized spacial score (nSPS) is 14.0. The smallest absolute Gasteiger partial charge is 0.200 e. The SMILES string of the molecule is C=C.CC.CCCCC(CC)OC(CC(C)(C)C)Oc1ccc(C(CC(C)C)C(C)C)cc1. The van der Waals surface area contributed by atoms with E-state index in [9.17, 15) is 0 Å². The van der Waals surface area contributed by atoms with Crippen LogP contribution in [0, 0.1) is 17.3 Å². The molecule has 1 aromatic rings. The molecule has 1 aromatic carbocycles. The van der Waals surface area contributed by atoms with Crippen LogP contribution < -0.4 is 4.74 Å². The van der Waals surface area contributed by atoms with Crippen LogP contribution in [0.1, 0.15) is 126 Å². The van der Waals surface area contributed by atoms with E-state index in [1.807, 2.05) is 13.8 Å². The van der Waals surface area contributed by atoms with E-state index < -0.39 is 0 Å². The minimum atomic E-state index is -0.195. The summed E-state index contributed by atoms with van der Waals surface area (Å²) in [7, 11) is 0. The highest BCUT2D eigenvalue weighted by molar-refractivity contribution is 5.30. The highest BCUT2D eigenvalue weighted by Crippen LogP contribution is 2.33. The predicted molar refractivity (Wildman–Crippen MR) is 149 cm³/mol. The summed E-state index contributed by atoms with van der Waals surface area (Å²) in [6.45, 7) is 30.5. The van der Waals surface area contributed by atoms with E-state index in [-0.39, 0.29) is 17.8 Å². The Morgan fingerprint density at radius 3 is 1.85 bits per heavy atom. The summed E-state index contributed by atoms with van der Waals surface area (Å²) >= 11 is 0. The van der Waals surface area contributed by atoms with Crippen LogP contribution in [-0.2, 0) is 4.74 Å². The Labute approximate surface area is 208 Å². The topological polar surface area (TPSA) is 18.5 Å². The molecular weight excluding hydrogens is 404 g/mol. The molecule has 0 saturated heterocycles. The molecule has 2 heteroatoms. The van der Waals surface area contributed by atoms with Gasteiger partial charge in [0.25, 0.3) is 0 Å². The van der Waals surface area contributed by atoms with Gasteiger partial charge in [-0.05, 0) is 60.1 Å². The Hall–Kier alpha value is -1.28. The van der Waals surface area contributed by atoms with Crippen molar-refractivity contribution in [2.45, 2.75) is 133 Å². The molecule has 0 aliphatic heterocycles. The van der Waals surface area contributed by atoms with Crippen LogP contribution in [0.15, 0.2) is 37.4 Å². The van der Waals surface area contributed by atoms with E-state index >= 15 is 0 Å². The predicted octanol–water partition coefficient (Wildman–Crippen LogP) is 10.4. The number of unbranched alkanes of at least 4 members (excludes halogenated alkanes) is 1. The van der Waals surface area contributed by atoms with Crippen molar-refractivity contribution < 1.29 is 9.47 Å². The highest BCUT2D eigenvalue weighted by Gasteiger charge is 2.24. The monoisotopic (exact) mass is 462 g/mol. The first-order valence-corrected chi connectivity index (χ1v) is 13.5. The number of benzene rings is 1. The summed E-state index contributed by atoms with van der Waals surface area (Å²) in [4.78, 5) is 0. The van der Waals surface area contributed by atoms with Gasteiger partial charge in [-0.15, -0.1) is 13.2 Å². The lowest BCUT2D eigenvalue weighted by Gasteiger charge is -2.30. The lowest BCUT2D eigenvalue weighted by atomic mass is 9.82. The number of hydrogen-bond donors (Lipinski definition) is 0. The van der Waals surface area contributed by atoms with Gasteiger partial charge in [0.05, 0.1) is 6.10 Å². The van der Waals surface area contributed by atoms with E-state index in [0.717, 1.165) is 25.0 Å². The van der Waals surface area contributed by atoms with Gasteiger partial charge in [-0.3, -0.25) is 0 Å². The molecule has 0 radical (unpaired) electrons. The van der Waals surface area contributed by atoms with Crippen LogP contribution in [-0.4, -0.2) is 12.4 Å². The molecule has 1 rings (SSSR count). The standard InChI is InChI=1S/C27H48O2.C2H6.C2H4/c1-10-12-13-23(11-2)28-26(19-27(7,8)9)29-24-16-14-22(15-17-24)25(21(5)6)18-20(3)4;2*1-2/h14-17,20-21,23,25-26H,10-13,18-19H2,1-9H3;1-2H3;1-2H2. The van der Waals surface area contributed by atoms with Gasteiger partial charge in [-0.2, -0.15) is 0 Å². The van der Waals surface area contributed by atoms with Crippen LogP contribution in [0.2, 0.25) is 0 Å². The highest BCUT2D eigenvalue weighted by atomic mass is 16.7. The zero-order valence-electron chi connectivity index (χ0n) is 24.2. The third-order valence-corrected chi connectivity index (χ3v) is 5.56. The fraction of sp³-hybridized carbons (Fsp3) is 0.742. The first-order valence-electron chi connectivity index (χ1n) is 13.5. The quantitative estimate of drug-likeness (QED) is 0.214. The zero-order chi connectivity index (χ0) is 26.0. The van der Waals surface area contributed by atoms with Crippen molar-refractivity contribution in [3.05, 3.63) is 43.0 Å². The molecule has 0 heterocycles. The summed E-state index contributed by atoms with van der Waals surface area (Å²) in [5, 5.41) is 0. The van der Waals surface area contributed by atoms with Crippen molar-refractivity contribution in [2.24, 2.45) is 17.3 Å². The number of rotatable bonds is 13. The third kappa shape index (κ3) is 16.1. The van der Waals surface area contributed by atoms with Gasteiger partial charge in [0, 0.05) is 6.42 Å². The molecule has 33 heavy (non-hydrogen) atoms.